The summed E-state index contributed by atoms with van der Waals surface area (Å²) >= 11 is 6.56. The number of aliphatic hydroxyl groups is 1. The van der Waals surface area contributed by atoms with E-state index in [1.54, 1.807) is 42.5 Å². The normalized spacial score (nSPS) is 28.7. The van der Waals surface area contributed by atoms with E-state index in [1.165, 1.54) is 9.80 Å². The molecule has 2 amide bonds. The highest BCUT2D eigenvalue weighted by molar-refractivity contribution is 6.34. The second-order valence-electron chi connectivity index (χ2n) is 9.89. The van der Waals surface area contributed by atoms with Crippen LogP contribution in [0.5, 0.6) is 0 Å². The molecule has 0 saturated carbocycles. The minimum atomic E-state index is -1.32. The fourth-order valence-corrected chi connectivity index (χ4v) is 6.87. The van der Waals surface area contributed by atoms with E-state index in [-0.39, 0.29) is 6.54 Å². The molecule has 3 fully saturated rings. The highest BCUT2D eigenvalue weighted by Crippen LogP contribution is 2.60. The van der Waals surface area contributed by atoms with Crippen LogP contribution in [0, 0.1) is 18.8 Å². The predicted octanol–water partition coefficient (Wildman–Crippen LogP) is 3.36. The summed E-state index contributed by atoms with van der Waals surface area (Å²) in [6, 6.07) is 12.2. The molecule has 37 heavy (non-hydrogen) atoms. The number of carbonyl (C=O) groups is 3. The van der Waals surface area contributed by atoms with Crippen molar-refractivity contribution < 1.29 is 29.3 Å². The lowest BCUT2D eigenvalue weighted by Crippen LogP contribution is -2.57. The summed E-state index contributed by atoms with van der Waals surface area (Å²) in [5, 5.41) is 20.9. The average Bonchev–Trinajstić information content (AvgIpc) is 3.52. The van der Waals surface area contributed by atoms with Crippen LogP contribution in [0.4, 0.5) is 5.69 Å². The van der Waals surface area contributed by atoms with Gasteiger partial charge in [0.25, 0.3) is 5.91 Å². The van der Waals surface area contributed by atoms with Gasteiger partial charge in [0, 0.05) is 6.54 Å². The number of carboxylic acid groups (broad SMARTS) is 1. The number of rotatable bonds is 8. The number of likely N-dealkylation sites (tertiary alicyclic amines) is 1. The number of para-hydroxylation sites is 1. The number of carboxylic acids is 1. The molecule has 2 unspecified atom stereocenters. The Bertz CT molecular complexity index is 1230. The van der Waals surface area contributed by atoms with Crippen LogP contribution < -0.4 is 4.90 Å². The Balaban J connectivity index is 1.68. The number of aryl methyl sites for hydroxylation is 1. The van der Waals surface area contributed by atoms with Gasteiger partial charge in [-0.2, -0.15) is 0 Å². The smallest absolute Gasteiger partial charge is 0.310 e. The second-order valence-corrected chi connectivity index (χ2v) is 10.3. The predicted molar refractivity (Wildman–Crippen MR) is 137 cm³/mol. The molecular weight excluding hydrogens is 496 g/mol. The van der Waals surface area contributed by atoms with Gasteiger partial charge < -0.3 is 24.7 Å². The number of fused-ring (bicyclic) bond motifs is 1. The van der Waals surface area contributed by atoms with Crippen molar-refractivity contribution in [2.75, 3.05) is 18.1 Å². The molecule has 1 spiro atoms. The highest BCUT2D eigenvalue weighted by Gasteiger charge is 2.75. The van der Waals surface area contributed by atoms with E-state index in [0.717, 1.165) is 5.56 Å². The monoisotopic (exact) mass is 524 g/mol. The third-order valence-corrected chi connectivity index (χ3v) is 8.29. The molecule has 2 aromatic carbocycles. The van der Waals surface area contributed by atoms with Crippen molar-refractivity contribution in [3.63, 3.8) is 0 Å². The number of hydrogen-bond acceptors (Lipinski definition) is 5. The van der Waals surface area contributed by atoms with Crippen molar-refractivity contribution in [2.45, 2.75) is 43.6 Å². The van der Waals surface area contributed by atoms with Crippen LogP contribution in [0.25, 0.3) is 0 Å². The lowest BCUT2D eigenvalue weighted by atomic mass is 9.70. The number of ether oxygens (including phenoxy) is 1. The third kappa shape index (κ3) is 3.77. The molecule has 3 saturated heterocycles. The van der Waals surface area contributed by atoms with E-state index < -0.39 is 60.0 Å². The van der Waals surface area contributed by atoms with Gasteiger partial charge in [0.2, 0.25) is 5.91 Å². The van der Waals surface area contributed by atoms with Crippen molar-refractivity contribution >= 4 is 35.1 Å². The molecule has 5 rings (SSSR count). The Labute approximate surface area is 220 Å². The first-order chi connectivity index (χ1) is 17.8. The van der Waals surface area contributed by atoms with E-state index >= 15 is 0 Å². The first kappa shape index (κ1) is 25.4. The van der Waals surface area contributed by atoms with Crippen molar-refractivity contribution in [1.29, 1.82) is 0 Å². The molecule has 3 heterocycles. The quantitative estimate of drug-likeness (QED) is 0.513. The zero-order valence-corrected chi connectivity index (χ0v) is 21.2. The van der Waals surface area contributed by atoms with E-state index in [9.17, 15) is 24.6 Å². The van der Waals surface area contributed by atoms with E-state index in [1.807, 2.05) is 19.1 Å². The van der Waals surface area contributed by atoms with Crippen LogP contribution in [-0.2, 0) is 19.1 Å². The van der Waals surface area contributed by atoms with Crippen molar-refractivity contribution in [3.8, 4) is 0 Å². The topological polar surface area (TPSA) is 107 Å². The maximum Gasteiger partial charge on any atom is 0.310 e. The zero-order chi connectivity index (χ0) is 26.5. The minimum Gasteiger partial charge on any atom is -0.481 e. The van der Waals surface area contributed by atoms with Gasteiger partial charge in [-0.15, -0.1) is 6.58 Å². The highest BCUT2D eigenvalue weighted by atomic mass is 35.5. The standard InChI is InChI=1S/C28H29ClN2O6/c1-3-14-30(23-16(2)8-7-11-18(23)29)26(34)24-28-13-12-20(37-28)21(27(35)36)22(28)25(33)31(24)19(15-32)17-9-5-4-6-10-17/h3-11,19-22,24,32H,1,12-15H2,2H3,(H,35,36)/t19-,20+,21-,22+,24?,28?/m1/s1. The lowest BCUT2D eigenvalue weighted by Gasteiger charge is -2.39. The van der Waals surface area contributed by atoms with Gasteiger partial charge in [0.15, 0.2) is 0 Å². The second kappa shape index (κ2) is 9.59. The van der Waals surface area contributed by atoms with Crippen molar-refractivity contribution in [3.05, 3.63) is 77.3 Å². The number of nitrogens with zero attached hydrogens (tertiary/aromatic N) is 2. The SMILES string of the molecule is C=CCN(C(=O)C1N([C@H](CO)c2ccccc2)C(=O)[C@@H]2[C@H](C(=O)O)[C@@H]3CCC12O3)c1c(C)cccc1Cl. The number of hydrogen-bond donors (Lipinski definition) is 2. The summed E-state index contributed by atoms with van der Waals surface area (Å²) in [7, 11) is 0. The summed E-state index contributed by atoms with van der Waals surface area (Å²) in [4.78, 5) is 43.8. The molecule has 0 aromatic heterocycles. The first-order valence-electron chi connectivity index (χ1n) is 12.3. The molecule has 0 radical (unpaired) electrons. The number of aliphatic hydroxyl groups excluding tert-OH is 1. The minimum absolute atomic E-state index is 0.115. The number of aliphatic carboxylic acids is 1. The Morgan fingerprint density at radius 1 is 1.27 bits per heavy atom. The Morgan fingerprint density at radius 2 is 2.00 bits per heavy atom. The molecule has 6 atom stereocenters. The van der Waals surface area contributed by atoms with E-state index in [4.69, 9.17) is 16.3 Å². The fraction of sp³-hybridized carbons (Fsp3) is 0.393. The molecule has 2 aromatic rings. The third-order valence-electron chi connectivity index (χ3n) is 7.99. The van der Waals surface area contributed by atoms with Crippen LogP contribution in [0.2, 0.25) is 5.02 Å². The Kier molecular flexibility index (Phi) is 6.60. The lowest BCUT2D eigenvalue weighted by molar-refractivity contribution is -0.151. The zero-order valence-electron chi connectivity index (χ0n) is 20.4. The van der Waals surface area contributed by atoms with Gasteiger partial charge in [-0.25, -0.2) is 0 Å². The number of anilines is 1. The van der Waals surface area contributed by atoms with Crippen LogP contribution in [0.3, 0.4) is 0 Å². The van der Waals surface area contributed by atoms with Gasteiger partial charge in [0.1, 0.15) is 11.6 Å². The maximum absolute atomic E-state index is 14.6. The summed E-state index contributed by atoms with van der Waals surface area (Å²) in [6.45, 7) is 5.31. The first-order valence-corrected chi connectivity index (χ1v) is 12.7. The summed E-state index contributed by atoms with van der Waals surface area (Å²) in [5.41, 5.74) is 0.565. The van der Waals surface area contributed by atoms with Gasteiger partial charge in [-0.3, -0.25) is 14.4 Å². The summed E-state index contributed by atoms with van der Waals surface area (Å²) in [6.07, 6.45) is 1.72. The maximum atomic E-state index is 14.6. The Morgan fingerprint density at radius 3 is 2.62 bits per heavy atom. The van der Waals surface area contributed by atoms with Gasteiger partial charge in [-0.1, -0.05) is 60.1 Å². The molecule has 194 valence electrons. The number of benzene rings is 2. The largest absolute Gasteiger partial charge is 0.481 e. The van der Waals surface area contributed by atoms with Gasteiger partial charge in [-0.05, 0) is 37.0 Å². The number of amides is 2. The van der Waals surface area contributed by atoms with Crippen LogP contribution in [0.15, 0.2) is 61.2 Å². The number of halogens is 1. The fourth-order valence-electron chi connectivity index (χ4n) is 6.55. The molecule has 9 heteroatoms. The summed E-state index contributed by atoms with van der Waals surface area (Å²) < 4.78 is 6.32. The Hall–Kier alpha value is -3.20. The van der Waals surface area contributed by atoms with Gasteiger partial charge >= 0.3 is 5.97 Å². The molecule has 2 bridgehead atoms. The van der Waals surface area contributed by atoms with Crippen molar-refractivity contribution in [2.24, 2.45) is 11.8 Å². The van der Waals surface area contributed by atoms with Crippen LogP contribution in [-0.4, -0.2) is 63.8 Å². The van der Waals surface area contributed by atoms with E-state index in [0.29, 0.717) is 29.1 Å². The summed E-state index contributed by atoms with van der Waals surface area (Å²) in [5.74, 6) is -4.17. The average molecular weight is 525 g/mol. The van der Waals surface area contributed by atoms with E-state index in [2.05, 4.69) is 6.58 Å². The molecule has 2 N–H and O–H groups in total. The van der Waals surface area contributed by atoms with Crippen molar-refractivity contribution in [1.82, 2.24) is 4.90 Å². The molecule has 0 aliphatic carbocycles. The molecule has 8 nitrogen and oxygen atoms in total. The molecule has 3 aliphatic rings. The van der Waals surface area contributed by atoms with Crippen LogP contribution in [0.1, 0.15) is 30.0 Å². The molecular formula is C28H29ClN2O6. The number of carbonyl (C=O) groups excluding carboxylic acids is 2. The molecule has 3 aliphatic heterocycles. The van der Waals surface area contributed by atoms with Crippen LogP contribution >= 0.6 is 11.6 Å². The van der Waals surface area contributed by atoms with Gasteiger partial charge in [0.05, 0.1) is 41.3 Å².